The van der Waals surface area contributed by atoms with E-state index in [2.05, 4.69) is 0 Å². The molecule has 5 unspecified atom stereocenters. The van der Waals surface area contributed by atoms with Gasteiger partial charge >= 0.3 is 0 Å². The minimum Gasteiger partial charge on any atom is -0.126 e. The number of alkyl halides is 7. The van der Waals surface area contributed by atoms with Crippen molar-refractivity contribution in [3.63, 3.8) is 0 Å². The van der Waals surface area contributed by atoms with Crippen molar-refractivity contribution < 1.29 is 0 Å². The second-order valence-corrected chi connectivity index (χ2v) is 8.37. The van der Waals surface area contributed by atoms with Crippen LogP contribution in [0.15, 0.2) is 11.1 Å². The SMILES string of the molecule is ClCC1(C(Cl)Cl)C2C=C(Cl)C1(C(Cl)Cl)C(Cl)C2Cl. The molecule has 2 bridgehead atoms. The van der Waals surface area contributed by atoms with E-state index < -0.39 is 31.3 Å². The molecular weight excluding hydrogens is 404 g/mol. The molecule has 0 aromatic carbocycles. The van der Waals surface area contributed by atoms with E-state index in [4.69, 9.17) is 92.8 Å². The first kappa shape index (κ1) is 16.4. The molecule has 0 aliphatic heterocycles. The van der Waals surface area contributed by atoms with Gasteiger partial charge in [-0.1, -0.05) is 17.7 Å². The predicted molar refractivity (Wildman–Crippen MR) is 83.3 cm³/mol. The van der Waals surface area contributed by atoms with E-state index in [1.54, 1.807) is 6.08 Å². The number of fused-ring (bicyclic) bond motifs is 2. The van der Waals surface area contributed by atoms with Crippen molar-refractivity contribution in [3.8, 4) is 0 Å². The lowest BCUT2D eigenvalue weighted by Crippen LogP contribution is -2.51. The summed E-state index contributed by atoms with van der Waals surface area (Å²) in [4.78, 5) is -1.74. The number of allylic oxidation sites excluding steroid dienone is 2. The Morgan fingerprint density at radius 1 is 1.11 bits per heavy atom. The van der Waals surface area contributed by atoms with Gasteiger partial charge in [-0.25, -0.2) is 0 Å². The van der Waals surface area contributed by atoms with E-state index in [0.29, 0.717) is 5.03 Å². The quantitative estimate of drug-likeness (QED) is 0.516. The predicted octanol–water partition coefficient (Wildman–Crippen LogP) is 5.79. The average molecular weight is 412 g/mol. The summed E-state index contributed by atoms with van der Waals surface area (Å²) in [6, 6.07) is 0. The van der Waals surface area contributed by atoms with Gasteiger partial charge in [0, 0.05) is 22.2 Å². The Balaban J connectivity index is 2.70. The molecule has 0 radical (unpaired) electrons. The Kier molecular flexibility index (Phi) is 4.89. The lowest BCUT2D eigenvalue weighted by Gasteiger charge is -2.46. The molecule has 5 atom stereocenters. The number of hydrogen-bond acceptors (Lipinski definition) is 0. The minimum atomic E-state index is -1.02. The molecule has 0 saturated heterocycles. The van der Waals surface area contributed by atoms with Gasteiger partial charge in [0.25, 0.3) is 0 Å². The lowest BCUT2D eigenvalue weighted by molar-refractivity contribution is 0.170. The average Bonchev–Trinajstić information content (AvgIpc) is 2.66. The molecule has 0 aromatic heterocycles. The maximum atomic E-state index is 6.41. The summed E-state index contributed by atoms with van der Waals surface area (Å²) >= 11 is 49.8. The summed E-state index contributed by atoms with van der Waals surface area (Å²) in [6.07, 6.45) is 1.77. The standard InChI is InChI=1S/C10H8Cl8/c11-2-9(7(15)16)3-1-4(12)10(9,8(17)18)6(14)5(3)13/h1,3,5-8H,2H2. The maximum absolute atomic E-state index is 6.41. The molecule has 2 rings (SSSR count). The van der Waals surface area contributed by atoms with Crippen molar-refractivity contribution in [2.24, 2.45) is 16.7 Å². The summed E-state index contributed by atoms with van der Waals surface area (Å²) in [6.45, 7) is 0. The molecule has 8 heteroatoms. The molecule has 1 fully saturated rings. The van der Waals surface area contributed by atoms with Gasteiger partial charge in [0.1, 0.15) is 9.67 Å². The van der Waals surface area contributed by atoms with Gasteiger partial charge in [0.15, 0.2) is 0 Å². The summed E-state index contributed by atoms with van der Waals surface area (Å²) in [5.74, 6) is -0.142. The zero-order chi connectivity index (χ0) is 13.9. The number of hydrogen-bond donors (Lipinski definition) is 0. The Hall–Kier alpha value is 2.06. The Morgan fingerprint density at radius 3 is 2.00 bits per heavy atom. The van der Waals surface area contributed by atoms with Crippen LogP contribution in [-0.4, -0.2) is 26.3 Å². The van der Waals surface area contributed by atoms with Crippen molar-refractivity contribution in [2.45, 2.75) is 20.4 Å². The van der Waals surface area contributed by atoms with Gasteiger partial charge in [-0.15, -0.1) is 81.2 Å². The molecule has 0 heterocycles. The van der Waals surface area contributed by atoms with Crippen molar-refractivity contribution in [2.75, 3.05) is 5.88 Å². The summed E-state index contributed by atoms with van der Waals surface area (Å²) in [5.41, 5.74) is -1.88. The van der Waals surface area contributed by atoms with E-state index in [-0.39, 0.29) is 11.8 Å². The topological polar surface area (TPSA) is 0 Å². The Labute approximate surface area is 146 Å². The normalized spacial score (nSPS) is 47.2. The molecule has 0 aromatic rings. The molecule has 1 saturated carbocycles. The highest BCUT2D eigenvalue weighted by Crippen LogP contribution is 2.74. The summed E-state index contributed by atoms with van der Waals surface area (Å²) < 4.78 is 0. The fourth-order valence-electron chi connectivity index (χ4n) is 3.15. The van der Waals surface area contributed by atoms with Crippen LogP contribution in [0.2, 0.25) is 0 Å². The summed E-state index contributed by atoms with van der Waals surface area (Å²) in [7, 11) is 0. The van der Waals surface area contributed by atoms with Gasteiger partial charge in [0.05, 0.1) is 16.2 Å². The van der Waals surface area contributed by atoms with Crippen molar-refractivity contribution in [1.82, 2.24) is 0 Å². The third-order valence-electron chi connectivity index (χ3n) is 4.10. The Bertz CT molecular complexity index is 380. The molecule has 0 amide bonds. The van der Waals surface area contributed by atoms with Crippen LogP contribution < -0.4 is 0 Å². The lowest BCUT2D eigenvalue weighted by atomic mass is 9.69. The molecular formula is C10H8Cl8. The molecule has 0 spiro atoms. The van der Waals surface area contributed by atoms with E-state index in [1.165, 1.54) is 0 Å². The number of halogens is 8. The highest BCUT2D eigenvalue weighted by atomic mass is 35.5. The first-order valence-electron chi connectivity index (χ1n) is 5.06. The summed E-state index contributed by atoms with van der Waals surface area (Å²) in [5, 5.41) is -0.570. The first-order chi connectivity index (χ1) is 8.28. The highest BCUT2D eigenvalue weighted by molar-refractivity contribution is 6.49. The van der Waals surface area contributed by atoms with Crippen molar-refractivity contribution >= 4 is 92.8 Å². The number of rotatable bonds is 3. The smallest absolute Gasteiger partial charge is 0.120 e. The minimum absolute atomic E-state index is 0.116. The molecule has 2 aliphatic rings. The van der Waals surface area contributed by atoms with Crippen molar-refractivity contribution in [1.29, 1.82) is 0 Å². The second kappa shape index (κ2) is 5.36. The van der Waals surface area contributed by atoms with Gasteiger partial charge in [0.2, 0.25) is 0 Å². The fourth-order valence-corrected chi connectivity index (χ4v) is 7.52. The largest absolute Gasteiger partial charge is 0.126 e. The molecule has 0 N–H and O–H groups in total. The zero-order valence-corrected chi connectivity index (χ0v) is 14.7. The van der Waals surface area contributed by atoms with Crippen LogP contribution in [0, 0.1) is 16.7 Å². The van der Waals surface area contributed by atoms with Crippen LogP contribution in [0.3, 0.4) is 0 Å². The van der Waals surface area contributed by atoms with E-state index in [0.717, 1.165) is 0 Å². The zero-order valence-electron chi connectivity index (χ0n) is 8.69. The molecule has 2 aliphatic carbocycles. The van der Waals surface area contributed by atoms with Gasteiger partial charge in [-0.05, 0) is 0 Å². The van der Waals surface area contributed by atoms with Crippen LogP contribution in [0.25, 0.3) is 0 Å². The van der Waals surface area contributed by atoms with Crippen LogP contribution >= 0.6 is 92.8 Å². The van der Waals surface area contributed by atoms with Crippen molar-refractivity contribution in [3.05, 3.63) is 11.1 Å². The molecule has 0 nitrogen and oxygen atoms in total. The van der Waals surface area contributed by atoms with Crippen LogP contribution in [-0.2, 0) is 0 Å². The fraction of sp³-hybridized carbons (Fsp3) is 0.800. The molecule has 104 valence electrons. The molecule has 18 heavy (non-hydrogen) atoms. The highest BCUT2D eigenvalue weighted by Gasteiger charge is 2.76. The van der Waals surface area contributed by atoms with Crippen LogP contribution in [0.5, 0.6) is 0 Å². The third kappa shape index (κ3) is 1.67. The van der Waals surface area contributed by atoms with E-state index in [1.807, 2.05) is 0 Å². The van der Waals surface area contributed by atoms with Gasteiger partial charge in [-0.2, -0.15) is 0 Å². The van der Waals surface area contributed by atoms with Gasteiger partial charge < -0.3 is 0 Å². The van der Waals surface area contributed by atoms with E-state index in [9.17, 15) is 0 Å². The Morgan fingerprint density at radius 2 is 1.67 bits per heavy atom. The van der Waals surface area contributed by atoms with Gasteiger partial charge in [-0.3, -0.25) is 0 Å². The third-order valence-corrected chi connectivity index (χ3v) is 7.71. The monoisotopic (exact) mass is 408 g/mol. The maximum Gasteiger partial charge on any atom is 0.120 e. The second-order valence-electron chi connectivity index (χ2n) is 4.53. The van der Waals surface area contributed by atoms with E-state index >= 15 is 0 Å². The van der Waals surface area contributed by atoms with Crippen LogP contribution in [0.1, 0.15) is 0 Å². The van der Waals surface area contributed by atoms with Crippen LogP contribution in [0.4, 0.5) is 0 Å². The first-order valence-corrected chi connectivity index (χ1v) is 8.59.